The van der Waals surface area contributed by atoms with Crippen LogP contribution < -0.4 is 0 Å². The summed E-state index contributed by atoms with van der Waals surface area (Å²) in [4.78, 5) is 29.2. The summed E-state index contributed by atoms with van der Waals surface area (Å²) in [5.74, 6) is -0.180. The van der Waals surface area contributed by atoms with Gasteiger partial charge in [-0.2, -0.15) is 0 Å². The topological polar surface area (TPSA) is 59.1 Å². The van der Waals surface area contributed by atoms with Gasteiger partial charge in [-0.05, 0) is 37.1 Å². The Labute approximate surface area is 160 Å². The molecule has 1 aromatic carbocycles. The van der Waals surface area contributed by atoms with Crippen molar-refractivity contribution in [3.05, 3.63) is 34.9 Å². The van der Waals surface area contributed by atoms with Gasteiger partial charge in [0.05, 0.1) is 19.1 Å². The second kappa shape index (κ2) is 10.5. The standard InChI is InChI=1S/C19H27ClN2O4/c1-25-12-10-21(11-13-26-2)19(24)16-4-3-9-22(14-16)18(23)15-5-7-17(20)8-6-15/h5-8,16H,3-4,9-14H2,1-2H3. The molecular formula is C19H27ClN2O4. The maximum Gasteiger partial charge on any atom is 0.253 e. The van der Waals surface area contributed by atoms with Crippen LogP contribution in [-0.4, -0.2) is 75.2 Å². The summed E-state index contributed by atoms with van der Waals surface area (Å²) in [6.45, 7) is 3.13. The third-order valence-corrected chi connectivity index (χ3v) is 4.84. The second-order valence-corrected chi connectivity index (χ2v) is 6.84. The summed E-state index contributed by atoms with van der Waals surface area (Å²) in [6, 6.07) is 6.86. The molecule has 1 aliphatic rings. The van der Waals surface area contributed by atoms with Crippen LogP contribution in [0.5, 0.6) is 0 Å². The van der Waals surface area contributed by atoms with Gasteiger partial charge >= 0.3 is 0 Å². The van der Waals surface area contributed by atoms with Crippen molar-refractivity contribution in [2.45, 2.75) is 12.8 Å². The Morgan fingerprint density at radius 1 is 1.15 bits per heavy atom. The molecule has 1 saturated heterocycles. The molecule has 26 heavy (non-hydrogen) atoms. The van der Waals surface area contributed by atoms with E-state index in [0.29, 0.717) is 50.0 Å². The Bertz CT molecular complexity index is 586. The number of carbonyl (C=O) groups excluding carboxylic acids is 2. The number of nitrogens with zero attached hydrogens (tertiary/aromatic N) is 2. The number of piperidine rings is 1. The van der Waals surface area contributed by atoms with E-state index in [1.54, 1.807) is 48.3 Å². The maximum absolute atomic E-state index is 12.9. The van der Waals surface area contributed by atoms with Gasteiger partial charge in [-0.1, -0.05) is 11.6 Å². The SMILES string of the molecule is COCCN(CCOC)C(=O)C1CCCN(C(=O)c2ccc(Cl)cc2)C1. The molecule has 0 aromatic heterocycles. The number of methoxy groups -OCH3 is 2. The molecule has 1 aromatic rings. The Morgan fingerprint density at radius 2 is 1.77 bits per heavy atom. The lowest BCUT2D eigenvalue weighted by Crippen LogP contribution is -2.48. The lowest BCUT2D eigenvalue weighted by atomic mass is 9.95. The number of ether oxygens (including phenoxy) is 2. The van der Waals surface area contributed by atoms with E-state index in [0.717, 1.165) is 12.8 Å². The number of amides is 2. The summed E-state index contributed by atoms with van der Waals surface area (Å²) in [7, 11) is 3.23. The van der Waals surface area contributed by atoms with Crippen LogP contribution in [0.15, 0.2) is 24.3 Å². The molecule has 0 spiro atoms. The van der Waals surface area contributed by atoms with E-state index >= 15 is 0 Å². The summed E-state index contributed by atoms with van der Waals surface area (Å²) in [6.07, 6.45) is 1.61. The zero-order valence-corrected chi connectivity index (χ0v) is 16.2. The van der Waals surface area contributed by atoms with Gasteiger partial charge in [0.15, 0.2) is 0 Å². The molecule has 1 atom stereocenters. The predicted molar refractivity (Wildman–Crippen MR) is 100 cm³/mol. The highest BCUT2D eigenvalue weighted by atomic mass is 35.5. The molecule has 0 N–H and O–H groups in total. The Hall–Kier alpha value is -1.63. The van der Waals surface area contributed by atoms with Crippen LogP contribution in [0.2, 0.25) is 5.02 Å². The van der Waals surface area contributed by atoms with Gasteiger partial charge in [-0.15, -0.1) is 0 Å². The van der Waals surface area contributed by atoms with E-state index in [4.69, 9.17) is 21.1 Å². The van der Waals surface area contributed by atoms with Gasteiger partial charge in [-0.25, -0.2) is 0 Å². The minimum Gasteiger partial charge on any atom is -0.383 e. The minimum absolute atomic E-state index is 0.0560. The van der Waals surface area contributed by atoms with E-state index in [1.807, 2.05) is 0 Å². The molecule has 1 aliphatic heterocycles. The highest BCUT2D eigenvalue weighted by molar-refractivity contribution is 6.30. The van der Waals surface area contributed by atoms with Gasteiger partial charge in [0.1, 0.15) is 0 Å². The van der Waals surface area contributed by atoms with E-state index in [1.165, 1.54) is 0 Å². The minimum atomic E-state index is -0.186. The van der Waals surface area contributed by atoms with Crippen LogP contribution in [0.4, 0.5) is 0 Å². The zero-order valence-electron chi connectivity index (χ0n) is 15.4. The van der Waals surface area contributed by atoms with Gasteiger partial charge < -0.3 is 19.3 Å². The molecule has 6 nitrogen and oxygen atoms in total. The van der Waals surface area contributed by atoms with Crippen molar-refractivity contribution in [2.24, 2.45) is 5.92 Å². The lowest BCUT2D eigenvalue weighted by Gasteiger charge is -2.35. The summed E-state index contributed by atoms with van der Waals surface area (Å²) >= 11 is 5.89. The van der Waals surface area contributed by atoms with Crippen molar-refractivity contribution < 1.29 is 19.1 Å². The van der Waals surface area contributed by atoms with Crippen LogP contribution in [-0.2, 0) is 14.3 Å². The average molecular weight is 383 g/mol. The number of rotatable bonds is 8. The third-order valence-electron chi connectivity index (χ3n) is 4.59. The molecule has 1 heterocycles. The monoisotopic (exact) mass is 382 g/mol. The Morgan fingerprint density at radius 3 is 2.35 bits per heavy atom. The lowest BCUT2D eigenvalue weighted by molar-refractivity contribution is -0.138. The van der Waals surface area contributed by atoms with E-state index in [2.05, 4.69) is 0 Å². The van der Waals surface area contributed by atoms with Gasteiger partial charge in [0.25, 0.3) is 5.91 Å². The first-order valence-electron chi connectivity index (χ1n) is 8.88. The first-order valence-corrected chi connectivity index (χ1v) is 9.26. The smallest absolute Gasteiger partial charge is 0.253 e. The average Bonchev–Trinajstić information content (AvgIpc) is 2.68. The largest absolute Gasteiger partial charge is 0.383 e. The first kappa shape index (κ1) is 20.7. The van der Waals surface area contributed by atoms with E-state index < -0.39 is 0 Å². The number of benzene rings is 1. The Kier molecular flexibility index (Phi) is 8.35. The fourth-order valence-electron chi connectivity index (χ4n) is 3.13. The van der Waals surface area contributed by atoms with Crippen molar-refractivity contribution in [1.82, 2.24) is 9.80 Å². The molecule has 1 fully saturated rings. The summed E-state index contributed by atoms with van der Waals surface area (Å²) in [5, 5.41) is 0.597. The maximum atomic E-state index is 12.9. The molecule has 144 valence electrons. The molecule has 1 unspecified atom stereocenters. The Balaban J connectivity index is 2.01. The number of hydrogen-bond donors (Lipinski definition) is 0. The van der Waals surface area contributed by atoms with Gasteiger partial charge in [-0.3, -0.25) is 9.59 Å². The molecule has 2 amide bonds. The van der Waals surface area contributed by atoms with Crippen LogP contribution in [0, 0.1) is 5.92 Å². The van der Waals surface area contributed by atoms with Crippen molar-refractivity contribution in [1.29, 1.82) is 0 Å². The zero-order chi connectivity index (χ0) is 18.9. The molecular weight excluding hydrogens is 356 g/mol. The highest BCUT2D eigenvalue weighted by Gasteiger charge is 2.31. The van der Waals surface area contributed by atoms with E-state index in [9.17, 15) is 9.59 Å². The molecule has 0 saturated carbocycles. The van der Waals surface area contributed by atoms with Crippen LogP contribution in [0.25, 0.3) is 0 Å². The summed E-state index contributed by atoms with van der Waals surface area (Å²) < 4.78 is 10.2. The second-order valence-electron chi connectivity index (χ2n) is 6.41. The number of carbonyl (C=O) groups is 2. The van der Waals surface area contributed by atoms with E-state index in [-0.39, 0.29) is 17.7 Å². The predicted octanol–water partition coefficient (Wildman–Crippen LogP) is 2.31. The van der Waals surface area contributed by atoms with Crippen molar-refractivity contribution in [3.63, 3.8) is 0 Å². The highest BCUT2D eigenvalue weighted by Crippen LogP contribution is 2.21. The number of likely N-dealkylation sites (tertiary alicyclic amines) is 1. The molecule has 7 heteroatoms. The molecule has 0 bridgehead atoms. The molecule has 0 radical (unpaired) electrons. The number of halogens is 1. The first-order chi connectivity index (χ1) is 12.6. The van der Waals surface area contributed by atoms with Crippen molar-refractivity contribution >= 4 is 23.4 Å². The fourth-order valence-corrected chi connectivity index (χ4v) is 3.26. The molecule has 0 aliphatic carbocycles. The third kappa shape index (κ3) is 5.69. The van der Waals surface area contributed by atoms with Crippen molar-refractivity contribution in [2.75, 3.05) is 53.6 Å². The fraction of sp³-hybridized carbons (Fsp3) is 0.579. The van der Waals surface area contributed by atoms with Gasteiger partial charge in [0.2, 0.25) is 5.91 Å². The quantitative estimate of drug-likeness (QED) is 0.692. The molecule has 2 rings (SSSR count). The van der Waals surface area contributed by atoms with Gasteiger partial charge in [0, 0.05) is 51.0 Å². The van der Waals surface area contributed by atoms with Crippen LogP contribution >= 0.6 is 11.6 Å². The van der Waals surface area contributed by atoms with Crippen molar-refractivity contribution in [3.8, 4) is 0 Å². The van der Waals surface area contributed by atoms with Crippen LogP contribution in [0.1, 0.15) is 23.2 Å². The number of hydrogen-bond acceptors (Lipinski definition) is 4. The van der Waals surface area contributed by atoms with Crippen LogP contribution in [0.3, 0.4) is 0 Å². The normalized spacial score (nSPS) is 17.2. The summed E-state index contributed by atoms with van der Waals surface area (Å²) in [5.41, 5.74) is 0.595.